The number of nitrogens with zero attached hydrogens (tertiary/aromatic N) is 3. The van der Waals surface area contributed by atoms with Gasteiger partial charge in [0.2, 0.25) is 11.8 Å². The number of anilines is 2. The van der Waals surface area contributed by atoms with Crippen LogP contribution in [0.4, 0.5) is 25.0 Å². The molecule has 0 spiro atoms. The van der Waals surface area contributed by atoms with Gasteiger partial charge in [0.25, 0.3) is 0 Å². The molecule has 186 valence electrons. The Hall–Kier alpha value is -2.99. The Kier molecular flexibility index (Phi) is 7.47. The van der Waals surface area contributed by atoms with Crippen molar-refractivity contribution >= 4 is 29.3 Å². The highest BCUT2D eigenvalue weighted by atomic mass is 19.1. The first-order valence-electron chi connectivity index (χ1n) is 11.4. The van der Waals surface area contributed by atoms with Crippen molar-refractivity contribution in [1.29, 1.82) is 0 Å². The average molecular weight is 482 g/mol. The zero-order valence-corrected chi connectivity index (χ0v) is 19.0. The molecule has 3 heterocycles. The molecule has 34 heavy (non-hydrogen) atoms. The third-order valence-corrected chi connectivity index (χ3v) is 6.20. The molecule has 1 atom stereocenters. The summed E-state index contributed by atoms with van der Waals surface area (Å²) in [5.41, 5.74) is -0.200. The molecular formula is C22H29F2N5O5. The number of halogens is 2. The van der Waals surface area contributed by atoms with Crippen LogP contribution in [0.25, 0.3) is 0 Å². The van der Waals surface area contributed by atoms with Gasteiger partial charge in [0, 0.05) is 38.1 Å². The first kappa shape index (κ1) is 24.1. The highest BCUT2D eigenvalue weighted by Crippen LogP contribution is 2.31. The standard InChI is InChI=1S/C22H29F2N5O5/c1-14(30)26-12-17-13-28(22(32)34-17)16-10-18(23)20(19(24)11-16)27-6-7-29(33-9-8-27)21(31)15-2-4-25-5-3-15/h10-11,15,17,25H,2-9,12-13H2,1H3,(H,26,30)/t17-/m0/s1. The average Bonchev–Trinajstić information content (AvgIpc) is 3.02. The first-order valence-corrected chi connectivity index (χ1v) is 11.4. The molecule has 0 aliphatic carbocycles. The summed E-state index contributed by atoms with van der Waals surface area (Å²) in [6.07, 6.45) is 0.112. The van der Waals surface area contributed by atoms with Gasteiger partial charge in [-0.25, -0.2) is 18.6 Å². The van der Waals surface area contributed by atoms with E-state index in [0.29, 0.717) is 0 Å². The minimum atomic E-state index is -0.828. The molecule has 3 aliphatic heterocycles. The van der Waals surface area contributed by atoms with E-state index in [2.05, 4.69) is 10.6 Å². The molecule has 12 heteroatoms. The van der Waals surface area contributed by atoms with Crippen molar-refractivity contribution in [1.82, 2.24) is 15.7 Å². The Morgan fingerprint density at radius 2 is 1.85 bits per heavy atom. The number of cyclic esters (lactones) is 1. The Labute approximate surface area is 196 Å². The Bertz CT molecular complexity index is 919. The van der Waals surface area contributed by atoms with E-state index in [1.54, 1.807) is 0 Å². The van der Waals surface area contributed by atoms with Crippen molar-refractivity contribution in [2.24, 2.45) is 5.92 Å². The maximum atomic E-state index is 15.1. The summed E-state index contributed by atoms with van der Waals surface area (Å²) in [6, 6.07) is 2.17. The molecule has 4 rings (SSSR count). The fourth-order valence-electron chi connectivity index (χ4n) is 4.43. The molecule has 0 aromatic heterocycles. The van der Waals surface area contributed by atoms with Crippen LogP contribution in [0.1, 0.15) is 19.8 Å². The van der Waals surface area contributed by atoms with Crippen LogP contribution in [0.3, 0.4) is 0 Å². The highest BCUT2D eigenvalue weighted by Gasteiger charge is 2.34. The maximum Gasteiger partial charge on any atom is 0.414 e. The number of nitrogens with one attached hydrogen (secondary N) is 2. The predicted octanol–water partition coefficient (Wildman–Crippen LogP) is 1.01. The number of piperidine rings is 1. The van der Waals surface area contributed by atoms with Crippen molar-refractivity contribution < 1.29 is 32.7 Å². The van der Waals surface area contributed by atoms with Crippen LogP contribution in [0.15, 0.2) is 12.1 Å². The van der Waals surface area contributed by atoms with E-state index in [-0.39, 0.29) is 68.4 Å². The normalized spacial score (nSPS) is 21.9. The third kappa shape index (κ3) is 5.39. The van der Waals surface area contributed by atoms with Crippen LogP contribution in [0, 0.1) is 17.6 Å². The topological polar surface area (TPSA) is 103 Å². The summed E-state index contributed by atoms with van der Waals surface area (Å²) in [4.78, 5) is 44.2. The summed E-state index contributed by atoms with van der Waals surface area (Å²) in [5.74, 6) is -2.14. The lowest BCUT2D eigenvalue weighted by molar-refractivity contribution is -0.187. The van der Waals surface area contributed by atoms with Gasteiger partial charge in [0.15, 0.2) is 11.6 Å². The van der Waals surface area contributed by atoms with Gasteiger partial charge in [-0.3, -0.25) is 19.3 Å². The highest BCUT2D eigenvalue weighted by molar-refractivity contribution is 5.90. The summed E-state index contributed by atoms with van der Waals surface area (Å²) >= 11 is 0. The number of carbonyl (C=O) groups is 3. The maximum absolute atomic E-state index is 15.1. The second-order valence-corrected chi connectivity index (χ2v) is 8.60. The largest absolute Gasteiger partial charge is 0.442 e. The molecule has 0 radical (unpaired) electrons. The molecule has 10 nitrogen and oxygen atoms in total. The van der Waals surface area contributed by atoms with Crippen molar-refractivity contribution in [2.45, 2.75) is 25.9 Å². The molecule has 0 unspecified atom stereocenters. The molecule has 2 N–H and O–H groups in total. The first-order chi connectivity index (χ1) is 16.3. The van der Waals surface area contributed by atoms with Gasteiger partial charge in [0.05, 0.1) is 31.9 Å². The van der Waals surface area contributed by atoms with Crippen LogP contribution < -0.4 is 20.4 Å². The van der Waals surface area contributed by atoms with Gasteiger partial charge in [-0.2, -0.15) is 0 Å². The summed E-state index contributed by atoms with van der Waals surface area (Å²) in [5, 5.41) is 7.08. The Morgan fingerprint density at radius 3 is 2.53 bits per heavy atom. The lowest BCUT2D eigenvalue weighted by Gasteiger charge is -2.28. The van der Waals surface area contributed by atoms with E-state index in [4.69, 9.17) is 9.57 Å². The molecule has 0 bridgehead atoms. The lowest BCUT2D eigenvalue weighted by atomic mass is 9.97. The van der Waals surface area contributed by atoms with Crippen molar-refractivity contribution in [3.63, 3.8) is 0 Å². The SMILES string of the molecule is CC(=O)NC[C@H]1CN(c2cc(F)c(N3CCON(C(=O)C4CCNCC4)CC3)c(F)c2)C(=O)O1. The number of benzene rings is 1. The van der Waals surface area contributed by atoms with E-state index in [0.717, 1.165) is 43.0 Å². The van der Waals surface area contributed by atoms with Crippen LogP contribution in [0.5, 0.6) is 0 Å². The molecule has 0 saturated carbocycles. The van der Waals surface area contributed by atoms with E-state index in [1.807, 2.05) is 0 Å². The second kappa shape index (κ2) is 10.5. The minimum absolute atomic E-state index is 0.0304. The van der Waals surface area contributed by atoms with Crippen LogP contribution in [0.2, 0.25) is 0 Å². The number of hydrogen-bond acceptors (Lipinski definition) is 7. The number of rotatable bonds is 5. The Morgan fingerprint density at radius 1 is 1.15 bits per heavy atom. The summed E-state index contributed by atoms with van der Waals surface area (Å²) < 4.78 is 35.3. The molecule has 1 aromatic rings. The zero-order valence-electron chi connectivity index (χ0n) is 19.0. The van der Waals surface area contributed by atoms with Crippen LogP contribution in [-0.4, -0.2) is 81.5 Å². The summed E-state index contributed by atoms with van der Waals surface area (Å²) in [6.45, 7) is 3.77. The van der Waals surface area contributed by atoms with Crippen molar-refractivity contribution in [3.8, 4) is 0 Å². The van der Waals surface area contributed by atoms with Gasteiger partial charge in [-0.05, 0) is 25.9 Å². The molecule has 3 aliphatic rings. The van der Waals surface area contributed by atoms with E-state index >= 15 is 8.78 Å². The van der Waals surface area contributed by atoms with Crippen molar-refractivity contribution in [2.75, 3.05) is 62.2 Å². The molecule has 3 amide bonds. The fourth-order valence-corrected chi connectivity index (χ4v) is 4.43. The van der Waals surface area contributed by atoms with Gasteiger partial charge in [-0.1, -0.05) is 0 Å². The van der Waals surface area contributed by atoms with Crippen LogP contribution >= 0.6 is 0 Å². The second-order valence-electron chi connectivity index (χ2n) is 8.60. The number of carbonyl (C=O) groups excluding carboxylic acids is 3. The molecular weight excluding hydrogens is 452 g/mol. The zero-order chi connectivity index (χ0) is 24.2. The van der Waals surface area contributed by atoms with E-state index < -0.39 is 23.8 Å². The molecule has 1 aromatic carbocycles. The van der Waals surface area contributed by atoms with Gasteiger partial charge in [-0.15, -0.1) is 0 Å². The summed E-state index contributed by atoms with van der Waals surface area (Å²) in [7, 11) is 0. The number of hydroxylamine groups is 2. The van der Waals surface area contributed by atoms with Gasteiger partial charge >= 0.3 is 6.09 Å². The quantitative estimate of drug-likeness (QED) is 0.647. The number of hydrogen-bond donors (Lipinski definition) is 2. The third-order valence-electron chi connectivity index (χ3n) is 6.20. The monoisotopic (exact) mass is 481 g/mol. The van der Waals surface area contributed by atoms with Gasteiger partial charge in [0.1, 0.15) is 11.8 Å². The predicted molar refractivity (Wildman–Crippen MR) is 118 cm³/mol. The number of ether oxygens (including phenoxy) is 1. The number of amides is 3. The fraction of sp³-hybridized carbons (Fsp3) is 0.591. The molecule has 3 saturated heterocycles. The lowest BCUT2D eigenvalue weighted by Crippen LogP contribution is -2.42. The van der Waals surface area contributed by atoms with Gasteiger partial charge < -0.3 is 20.3 Å². The van der Waals surface area contributed by atoms with Crippen molar-refractivity contribution in [3.05, 3.63) is 23.8 Å². The smallest absolute Gasteiger partial charge is 0.414 e. The minimum Gasteiger partial charge on any atom is -0.442 e. The Balaban J connectivity index is 1.42. The van der Waals surface area contributed by atoms with E-state index in [9.17, 15) is 14.4 Å². The van der Waals surface area contributed by atoms with Crippen LogP contribution in [-0.2, 0) is 19.2 Å². The molecule has 3 fully saturated rings. The van der Waals surface area contributed by atoms with E-state index in [1.165, 1.54) is 16.9 Å².